The first kappa shape index (κ1) is 20.6. The van der Waals surface area contributed by atoms with Crippen LogP contribution in [0.5, 0.6) is 0 Å². The smallest absolute Gasteiger partial charge is 0.192 e. The summed E-state index contributed by atoms with van der Waals surface area (Å²) < 4.78 is 17.9. The molecule has 1 heterocycles. The molecule has 0 aliphatic carbocycles. The molecule has 1 aromatic rings. The van der Waals surface area contributed by atoms with Crippen molar-refractivity contribution in [3.05, 3.63) is 35.9 Å². The van der Waals surface area contributed by atoms with Crippen molar-refractivity contribution in [2.45, 2.75) is 64.1 Å². The highest BCUT2D eigenvalue weighted by Crippen LogP contribution is 2.46. The average molecular weight is 367 g/mol. The van der Waals surface area contributed by atoms with Gasteiger partial charge in [0.15, 0.2) is 8.32 Å². The van der Waals surface area contributed by atoms with Crippen LogP contribution in [-0.4, -0.2) is 44.9 Å². The molecular weight excluding hydrogens is 332 g/mol. The largest absolute Gasteiger partial charge is 0.414 e. The molecule has 0 spiro atoms. The highest BCUT2D eigenvalue weighted by atomic mass is 28.4. The highest BCUT2D eigenvalue weighted by Gasteiger charge is 2.57. The predicted molar refractivity (Wildman–Crippen MR) is 103 cm³/mol. The van der Waals surface area contributed by atoms with E-state index in [1.165, 1.54) is 0 Å². The Balaban J connectivity index is 1.82. The van der Waals surface area contributed by atoms with Crippen LogP contribution in [0.1, 0.15) is 33.3 Å². The number of ether oxygens (including phenoxy) is 2. The molecule has 1 aromatic carbocycles. The minimum Gasteiger partial charge on any atom is -0.414 e. The lowest BCUT2D eigenvalue weighted by atomic mass is 9.99. The third-order valence-corrected chi connectivity index (χ3v) is 10.8. The van der Waals surface area contributed by atoms with E-state index in [2.05, 4.69) is 40.8 Å². The Hall–Kier alpha value is -0.723. The summed E-state index contributed by atoms with van der Waals surface area (Å²) in [7, 11) is -1.88. The molecule has 1 saturated heterocycles. The lowest BCUT2D eigenvalue weighted by Crippen LogP contribution is -2.46. The third-order valence-electron chi connectivity index (χ3n) is 6.22. The van der Waals surface area contributed by atoms with Gasteiger partial charge in [0.05, 0.1) is 26.4 Å². The second-order valence-electron chi connectivity index (χ2n) is 8.51. The minimum atomic E-state index is -1.88. The van der Waals surface area contributed by atoms with Crippen molar-refractivity contribution < 1.29 is 19.0 Å². The zero-order valence-corrected chi connectivity index (χ0v) is 17.5. The molecule has 5 heteroatoms. The number of rotatable bonds is 10. The summed E-state index contributed by atoms with van der Waals surface area (Å²) >= 11 is 0. The van der Waals surface area contributed by atoms with Crippen LogP contribution in [-0.2, 0) is 20.5 Å². The molecule has 1 aliphatic heterocycles. The van der Waals surface area contributed by atoms with Gasteiger partial charge in [0.1, 0.15) is 11.7 Å². The molecule has 25 heavy (non-hydrogen) atoms. The quantitative estimate of drug-likeness (QED) is 0.502. The maximum absolute atomic E-state index is 9.75. The summed E-state index contributed by atoms with van der Waals surface area (Å²) in [6, 6.07) is 10.0. The van der Waals surface area contributed by atoms with E-state index >= 15 is 0 Å². The predicted octanol–water partition coefficient (Wildman–Crippen LogP) is 3.99. The zero-order valence-electron chi connectivity index (χ0n) is 16.5. The van der Waals surface area contributed by atoms with Crippen molar-refractivity contribution in [2.24, 2.45) is 5.92 Å². The standard InChI is InChI=1S/C20H34O4Si/c1-16(2)19(3,4)25(5,6)23-13-18-20(14-21,24-18)15-22-12-17-10-8-7-9-11-17/h7-11,16,18,21H,12-15H2,1-6H3/t18-,20-/m0/s1. The second-order valence-corrected chi connectivity index (χ2v) is 13.1. The minimum absolute atomic E-state index is 0.0363. The molecule has 0 aromatic heterocycles. The fourth-order valence-corrected chi connectivity index (χ4v) is 5.16. The van der Waals surface area contributed by atoms with Crippen molar-refractivity contribution in [3.63, 3.8) is 0 Å². The molecular formula is C20H34O4Si. The van der Waals surface area contributed by atoms with Crippen LogP contribution in [0.15, 0.2) is 30.3 Å². The molecule has 0 radical (unpaired) electrons. The summed E-state index contributed by atoms with van der Waals surface area (Å²) in [6.07, 6.45) is -0.0805. The second kappa shape index (κ2) is 7.88. The van der Waals surface area contributed by atoms with E-state index in [9.17, 15) is 5.11 Å². The van der Waals surface area contributed by atoms with E-state index in [0.29, 0.717) is 25.7 Å². The Morgan fingerprint density at radius 1 is 1.24 bits per heavy atom. The Bertz CT molecular complexity index is 544. The van der Waals surface area contributed by atoms with Gasteiger partial charge in [-0.05, 0) is 29.6 Å². The molecule has 1 N–H and O–H groups in total. The number of benzene rings is 1. The van der Waals surface area contributed by atoms with E-state index in [1.54, 1.807) is 0 Å². The van der Waals surface area contributed by atoms with Crippen LogP contribution >= 0.6 is 0 Å². The van der Waals surface area contributed by atoms with Gasteiger partial charge in [0.2, 0.25) is 0 Å². The van der Waals surface area contributed by atoms with E-state index in [-0.39, 0.29) is 17.7 Å². The van der Waals surface area contributed by atoms with E-state index < -0.39 is 13.9 Å². The van der Waals surface area contributed by atoms with Crippen molar-refractivity contribution in [2.75, 3.05) is 19.8 Å². The number of aliphatic hydroxyl groups excluding tert-OH is 1. The van der Waals surface area contributed by atoms with Gasteiger partial charge in [-0.25, -0.2) is 0 Å². The summed E-state index contributed by atoms with van der Waals surface area (Å²) in [6.45, 7) is 15.0. The first-order chi connectivity index (χ1) is 11.6. The van der Waals surface area contributed by atoms with Crippen LogP contribution < -0.4 is 0 Å². The molecule has 2 rings (SSSR count). The maximum atomic E-state index is 9.75. The summed E-state index contributed by atoms with van der Waals surface area (Å²) in [4.78, 5) is 0. The van der Waals surface area contributed by atoms with Gasteiger partial charge in [-0.15, -0.1) is 0 Å². The molecule has 1 aliphatic rings. The van der Waals surface area contributed by atoms with Gasteiger partial charge in [0, 0.05) is 0 Å². The fraction of sp³-hybridized carbons (Fsp3) is 0.700. The van der Waals surface area contributed by atoms with Gasteiger partial charge >= 0.3 is 0 Å². The first-order valence-corrected chi connectivity index (χ1v) is 12.1. The molecule has 142 valence electrons. The summed E-state index contributed by atoms with van der Waals surface area (Å²) in [5, 5.41) is 9.93. The van der Waals surface area contributed by atoms with Crippen LogP contribution in [0.25, 0.3) is 0 Å². The van der Waals surface area contributed by atoms with Crippen molar-refractivity contribution >= 4 is 8.32 Å². The molecule has 2 atom stereocenters. The zero-order chi connectivity index (χ0) is 18.7. The molecule has 1 fully saturated rings. The summed E-state index contributed by atoms with van der Waals surface area (Å²) in [5.74, 6) is 0.561. The lowest BCUT2D eigenvalue weighted by Gasteiger charge is -2.42. The SMILES string of the molecule is CC(C)C(C)(C)[Si](C)(C)OC[C@@H]1O[C@@]1(CO)COCc1ccccc1. The number of hydrogen-bond donors (Lipinski definition) is 1. The number of aliphatic hydroxyl groups is 1. The molecule has 0 bridgehead atoms. The van der Waals surface area contributed by atoms with Crippen LogP contribution in [0.2, 0.25) is 18.1 Å². The Kier molecular flexibility index (Phi) is 6.49. The topological polar surface area (TPSA) is 51.2 Å². The average Bonchev–Trinajstić information content (AvgIpc) is 3.27. The Labute approximate surface area is 153 Å². The molecule has 0 saturated carbocycles. The van der Waals surface area contributed by atoms with Crippen molar-refractivity contribution in [1.82, 2.24) is 0 Å². The van der Waals surface area contributed by atoms with Crippen molar-refractivity contribution in [3.8, 4) is 0 Å². The fourth-order valence-electron chi connectivity index (χ4n) is 2.83. The van der Waals surface area contributed by atoms with Gasteiger partial charge in [-0.3, -0.25) is 0 Å². The van der Waals surface area contributed by atoms with Crippen LogP contribution in [0.4, 0.5) is 0 Å². The van der Waals surface area contributed by atoms with Gasteiger partial charge in [-0.1, -0.05) is 58.0 Å². The van der Waals surface area contributed by atoms with E-state index in [1.807, 2.05) is 30.3 Å². The van der Waals surface area contributed by atoms with Gasteiger partial charge in [0.25, 0.3) is 0 Å². The van der Waals surface area contributed by atoms with Gasteiger partial charge in [-0.2, -0.15) is 0 Å². The van der Waals surface area contributed by atoms with Crippen LogP contribution in [0, 0.1) is 5.92 Å². The van der Waals surface area contributed by atoms with Gasteiger partial charge < -0.3 is 19.0 Å². The molecule has 0 amide bonds. The lowest BCUT2D eigenvalue weighted by molar-refractivity contribution is 0.0411. The molecule has 4 nitrogen and oxygen atoms in total. The normalized spacial score (nSPS) is 23.9. The summed E-state index contributed by atoms with van der Waals surface area (Å²) in [5.41, 5.74) is 0.526. The van der Waals surface area contributed by atoms with Crippen LogP contribution in [0.3, 0.4) is 0 Å². The molecule has 0 unspecified atom stereocenters. The van der Waals surface area contributed by atoms with Crippen molar-refractivity contribution in [1.29, 1.82) is 0 Å². The monoisotopic (exact) mass is 366 g/mol. The number of epoxide rings is 1. The van der Waals surface area contributed by atoms with E-state index in [4.69, 9.17) is 13.9 Å². The van der Waals surface area contributed by atoms with E-state index in [0.717, 1.165) is 5.56 Å². The third kappa shape index (κ3) is 4.71. The Morgan fingerprint density at radius 2 is 1.88 bits per heavy atom. The highest BCUT2D eigenvalue weighted by molar-refractivity contribution is 6.74. The Morgan fingerprint density at radius 3 is 2.44 bits per heavy atom. The maximum Gasteiger partial charge on any atom is 0.192 e. The first-order valence-electron chi connectivity index (χ1n) is 9.19. The number of hydrogen-bond acceptors (Lipinski definition) is 4.